The number of sulfonamides is 1. The van der Waals surface area contributed by atoms with Crippen molar-refractivity contribution in [3.8, 4) is 5.75 Å². The van der Waals surface area contributed by atoms with Crippen LogP contribution >= 0.6 is 0 Å². The van der Waals surface area contributed by atoms with Crippen LogP contribution in [0, 0.1) is 0 Å². The highest BCUT2D eigenvalue weighted by Gasteiger charge is 2.21. The van der Waals surface area contributed by atoms with E-state index in [4.69, 9.17) is 4.74 Å². The number of alkyl halides is 2. The second kappa shape index (κ2) is 12.1. The molecule has 0 bridgehead atoms. The first kappa shape index (κ1) is 25.9. The van der Waals surface area contributed by atoms with Gasteiger partial charge in [-0.3, -0.25) is 4.79 Å². The van der Waals surface area contributed by atoms with Crippen molar-refractivity contribution in [2.75, 3.05) is 25.0 Å². The summed E-state index contributed by atoms with van der Waals surface area (Å²) in [6.07, 6.45) is 2.48. The Hall–Kier alpha value is -3.31. The van der Waals surface area contributed by atoms with Gasteiger partial charge in [0.1, 0.15) is 5.75 Å². The van der Waals surface area contributed by atoms with Gasteiger partial charge in [0.2, 0.25) is 10.0 Å². The van der Waals surface area contributed by atoms with Gasteiger partial charge in [-0.15, -0.1) is 0 Å². The highest BCUT2D eigenvalue weighted by atomic mass is 32.2. The molecule has 0 unspecified atom stereocenters. The topological polar surface area (TPSA) is 102 Å². The molecular formula is C22H24F2N2O6S. The van der Waals surface area contributed by atoms with Crippen molar-refractivity contribution in [1.29, 1.82) is 0 Å². The van der Waals surface area contributed by atoms with Gasteiger partial charge in [-0.2, -0.15) is 13.1 Å². The van der Waals surface area contributed by atoms with E-state index in [0.717, 1.165) is 6.08 Å². The van der Waals surface area contributed by atoms with Crippen LogP contribution < -0.4 is 10.1 Å². The third kappa shape index (κ3) is 7.95. The lowest BCUT2D eigenvalue weighted by molar-refractivity contribution is -0.142. The minimum atomic E-state index is -3.60. The first-order valence-corrected chi connectivity index (χ1v) is 11.4. The molecule has 2 aromatic rings. The number of carbonyl (C=O) groups is 2. The molecule has 0 aliphatic rings. The third-order valence-electron chi connectivity index (χ3n) is 4.34. The fourth-order valence-electron chi connectivity index (χ4n) is 2.73. The molecule has 1 amide bonds. The Morgan fingerprint density at radius 1 is 1.03 bits per heavy atom. The van der Waals surface area contributed by atoms with Crippen molar-refractivity contribution in [1.82, 2.24) is 4.31 Å². The lowest BCUT2D eigenvalue weighted by Crippen LogP contribution is -2.30. The zero-order valence-electron chi connectivity index (χ0n) is 18.0. The molecule has 0 aliphatic carbocycles. The molecular weight excluding hydrogens is 458 g/mol. The van der Waals surface area contributed by atoms with Gasteiger partial charge in [-0.25, -0.2) is 13.2 Å². The molecule has 11 heteroatoms. The molecule has 2 rings (SSSR count). The first-order chi connectivity index (χ1) is 15.6. The Kier molecular flexibility index (Phi) is 9.49. The maximum Gasteiger partial charge on any atom is 0.387 e. The van der Waals surface area contributed by atoms with Crippen LogP contribution in [-0.4, -0.2) is 50.9 Å². The molecule has 0 saturated carbocycles. The standard InChI is InChI=1S/C22H24F2N2O6S/c1-3-26(4-2)33(29,30)19-12-8-17(9-13-19)25-20(27)15-31-21(28)14-7-16-5-10-18(11-6-16)32-22(23)24/h5-14,22H,3-4,15H2,1-2H3,(H,25,27)/b14-7+. The van der Waals surface area contributed by atoms with Crippen LogP contribution in [0.15, 0.2) is 59.5 Å². The SMILES string of the molecule is CCN(CC)S(=O)(=O)c1ccc(NC(=O)COC(=O)/C=C/c2ccc(OC(F)F)cc2)cc1. The number of esters is 1. The quantitative estimate of drug-likeness (QED) is 0.389. The van der Waals surface area contributed by atoms with E-state index < -0.39 is 35.1 Å². The number of ether oxygens (including phenoxy) is 2. The molecule has 0 aromatic heterocycles. The normalized spacial score (nSPS) is 11.7. The van der Waals surface area contributed by atoms with Gasteiger partial charge in [-0.1, -0.05) is 26.0 Å². The molecule has 0 saturated heterocycles. The highest BCUT2D eigenvalue weighted by Crippen LogP contribution is 2.18. The number of carbonyl (C=O) groups excluding carboxylic acids is 2. The lowest BCUT2D eigenvalue weighted by atomic mass is 10.2. The van der Waals surface area contributed by atoms with Crippen LogP contribution in [0.4, 0.5) is 14.5 Å². The van der Waals surface area contributed by atoms with Crippen LogP contribution in [-0.2, 0) is 24.3 Å². The highest BCUT2D eigenvalue weighted by molar-refractivity contribution is 7.89. The van der Waals surface area contributed by atoms with Crippen LogP contribution in [0.2, 0.25) is 0 Å². The Morgan fingerprint density at radius 3 is 2.18 bits per heavy atom. The molecule has 178 valence electrons. The zero-order valence-corrected chi connectivity index (χ0v) is 18.8. The number of benzene rings is 2. The number of hydrogen-bond acceptors (Lipinski definition) is 6. The van der Waals surface area contributed by atoms with E-state index in [2.05, 4.69) is 10.1 Å². The molecule has 2 aromatic carbocycles. The van der Waals surface area contributed by atoms with E-state index >= 15 is 0 Å². The lowest BCUT2D eigenvalue weighted by Gasteiger charge is -2.18. The molecule has 33 heavy (non-hydrogen) atoms. The Morgan fingerprint density at radius 2 is 1.64 bits per heavy atom. The van der Waals surface area contributed by atoms with E-state index in [1.807, 2.05) is 0 Å². The Balaban J connectivity index is 1.85. The van der Waals surface area contributed by atoms with Gasteiger partial charge in [-0.05, 0) is 48.0 Å². The maximum absolute atomic E-state index is 12.5. The van der Waals surface area contributed by atoms with Crippen LogP contribution in [0.25, 0.3) is 6.08 Å². The van der Waals surface area contributed by atoms with Crippen LogP contribution in [0.5, 0.6) is 5.75 Å². The fourth-order valence-corrected chi connectivity index (χ4v) is 4.19. The average molecular weight is 483 g/mol. The van der Waals surface area contributed by atoms with Crippen molar-refractivity contribution in [3.05, 3.63) is 60.2 Å². The molecule has 0 spiro atoms. The van der Waals surface area contributed by atoms with Gasteiger partial charge in [0.05, 0.1) is 4.90 Å². The monoisotopic (exact) mass is 482 g/mol. The minimum absolute atomic E-state index is 0.0138. The van der Waals surface area contributed by atoms with Crippen LogP contribution in [0.1, 0.15) is 19.4 Å². The van der Waals surface area contributed by atoms with Gasteiger partial charge >= 0.3 is 12.6 Å². The largest absolute Gasteiger partial charge is 0.452 e. The van der Waals surface area contributed by atoms with Crippen molar-refractivity contribution in [2.24, 2.45) is 0 Å². The smallest absolute Gasteiger partial charge is 0.387 e. The number of hydrogen-bond donors (Lipinski definition) is 1. The van der Waals surface area contributed by atoms with Crippen molar-refractivity contribution < 1.29 is 36.3 Å². The average Bonchev–Trinajstić information content (AvgIpc) is 2.78. The summed E-state index contributed by atoms with van der Waals surface area (Å²) in [4.78, 5) is 23.9. The maximum atomic E-state index is 12.5. The number of halogens is 2. The summed E-state index contributed by atoms with van der Waals surface area (Å²) in [7, 11) is -3.60. The number of nitrogens with one attached hydrogen (secondary N) is 1. The van der Waals surface area contributed by atoms with Crippen LogP contribution in [0.3, 0.4) is 0 Å². The first-order valence-electron chi connectivity index (χ1n) is 9.95. The molecule has 0 fully saturated rings. The summed E-state index contributed by atoms with van der Waals surface area (Å²) in [5.74, 6) is -1.40. The molecule has 1 N–H and O–H groups in total. The van der Waals surface area contributed by atoms with Gasteiger partial charge in [0.25, 0.3) is 5.91 Å². The van der Waals surface area contributed by atoms with Crippen molar-refractivity contribution >= 4 is 33.7 Å². The summed E-state index contributed by atoms with van der Waals surface area (Å²) in [5.41, 5.74) is 0.883. The molecule has 0 atom stereocenters. The third-order valence-corrected chi connectivity index (χ3v) is 6.41. The second-order valence-corrected chi connectivity index (χ2v) is 8.49. The van der Waals surface area contributed by atoms with Gasteiger partial charge in [0.15, 0.2) is 6.61 Å². The van der Waals surface area contributed by atoms with E-state index in [1.165, 1.54) is 58.9 Å². The fraction of sp³-hybridized carbons (Fsp3) is 0.273. The predicted octanol–water partition coefficient (Wildman–Crippen LogP) is 3.51. The summed E-state index contributed by atoms with van der Waals surface area (Å²) in [6, 6.07) is 11.2. The zero-order chi connectivity index (χ0) is 24.4. The number of anilines is 1. The Labute approximate surface area is 190 Å². The minimum Gasteiger partial charge on any atom is -0.452 e. The molecule has 0 radical (unpaired) electrons. The summed E-state index contributed by atoms with van der Waals surface area (Å²) in [5, 5.41) is 2.50. The van der Waals surface area contributed by atoms with Crippen molar-refractivity contribution in [2.45, 2.75) is 25.4 Å². The van der Waals surface area contributed by atoms with Gasteiger partial charge in [0, 0.05) is 24.9 Å². The molecule has 0 aliphatic heterocycles. The number of amides is 1. The number of nitrogens with zero attached hydrogens (tertiary/aromatic N) is 1. The summed E-state index contributed by atoms with van der Waals surface area (Å²) >= 11 is 0. The number of rotatable bonds is 11. The van der Waals surface area contributed by atoms with E-state index in [0.29, 0.717) is 24.3 Å². The molecule has 0 heterocycles. The predicted molar refractivity (Wildman–Crippen MR) is 118 cm³/mol. The van der Waals surface area contributed by atoms with Gasteiger partial charge < -0.3 is 14.8 Å². The second-order valence-electron chi connectivity index (χ2n) is 6.55. The van der Waals surface area contributed by atoms with E-state index in [9.17, 15) is 26.8 Å². The van der Waals surface area contributed by atoms with E-state index in [1.54, 1.807) is 13.8 Å². The molecule has 8 nitrogen and oxygen atoms in total. The van der Waals surface area contributed by atoms with Crippen molar-refractivity contribution in [3.63, 3.8) is 0 Å². The van der Waals surface area contributed by atoms with E-state index in [-0.39, 0.29) is 10.6 Å². The summed E-state index contributed by atoms with van der Waals surface area (Å²) < 4.78 is 59.6. The summed E-state index contributed by atoms with van der Waals surface area (Å²) in [6.45, 7) is 0.696. The Bertz CT molecular complexity index is 1070.